The van der Waals surface area contributed by atoms with E-state index in [2.05, 4.69) is 15.1 Å². The van der Waals surface area contributed by atoms with Gasteiger partial charge in [-0.2, -0.15) is 0 Å². The number of nitroso groups, excluding NO2 is 1. The molecule has 2 heterocycles. The Morgan fingerprint density at radius 3 is 2.62 bits per heavy atom. The summed E-state index contributed by atoms with van der Waals surface area (Å²) in [6, 6.07) is 11.6. The molecule has 0 saturated carbocycles. The molecule has 3 rings (SSSR count). The zero-order valence-corrected chi connectivity index (χ0v) is 14.9. The van der Waals surface area contributed by atoms with Gasteiger partial charge in [0.05, 0.1) is 6.61 Å². The lowest BCUT2D eigenvalue weighted by atomic mass is 9.93. The summed E-state index contributed by atoms with van der Waals surface area (Å²) in [5, 5.41) is 3.20. The highest BCUT2D eigenvalue weighted by atomic mass is 16.5. The van der Waals surface area contributed by atoms with Crippen molar-refractivity contribution in [3.8, 4) is 11.1 Å². The van der Waals surface area contributed by atoms with Gasteiger partial charge in [-0.1, -0.05) is 30.3 Å². The third-order valence-corrected chi connectivity index (χ3v) is 4.73. The second-order valence-electron chi connectivity index (χ2n) is 6.46. The highest BCUT2D eigenvalue weighted by Crippen LogP contribution is 2.33. The topological polar surface area (TPSA) is 71.9 Å². The van der Waals surface area contributed by atoms with E-state index in [4.69, 9.17) is 4.74 Å². The molecule has 6 heteroatoms. The Kier molecular flexibility index (Phi) is 5.94. The average molecular weight is 353 g/mol. The van der Waals surface area contributed by atoms with Crippen LogP contribution in [0.5, 0.6) is 0 Å². The van der Waals surface area contributed by atoms with E-state index in [1.807, 2.05) is 37.3 Å². The predicted octanol–water partition coefficient (Wildman–Crippen LogP) is 4.32. The molecule has 0 aliphatic carbocycles. The summed E-state index contributed by atoms with van der Waals surface area (Å²) in [5.74, 6) is 0.808. The van der Waals surface area contributed by atoms with Crippen molar-refractivity contribution in [2.75, 3.05) is 24.6 Å². The van der Waals surface area contributed by atoms with Crippen LogP contribution in [0.25, 0.3) is 11.1 Å². The number of esters is 1. The van der Waals surface area contributed by atoms with Gasteiger partial charge in [0, 0.05) is 31.3 Å². The number of anilines is 1. The third kappa shape index (κ3) is 4.25. The number of hydrogen-bond acceptors (Lipinski definition) is 6. The van der Waals surface area contributed by atoms with Crippen molar-refractivity contribution < 1.29 is 9.53 Å². The normalized spacial score (nSPS) is 14.9. The zero-order valence-electron chi connectivity index (χ0n) is 14.9. The number of benzene rings is 1. The lowest BCUT2D eigenvalue weighted by molar-refractivity contribution is -0.144. The molecule has 0 atom stereocenters. The highest BCUT2D eigenvalue weighted by molar-refractivity contribution is 5.73. The molecule has 0 amide bonds. The van der Waals surface area contributed by atoms with Crippen molar-refractivity contribution in [3.05, 3.63) is 47.5 Å². The fourth-order valence-electron chi connectivity index (χ4n) is 3.35. The first kappa shape index (κ1) is 18.0. The van der Waals surface area contributed by atoms with Crippen LogP contribution < -0.4 is 4.90 Å². The Hall–Kier alpha value is -2.76. The van der Waals surface area contributed by atoms with E-state index >= 15 is 0 Å². The van der Waals surface area contributed by atoms with Gasteiger partial charge in [0.25, 0.3) is 0 Å². The van der Waals surface area contributed by atoms with Crippen LogP contribution in [0.15, 0.2) is 47.8 Å². The summed E-state index contributed by atoms with van der Waals surface area (Å²) in [6.07, 6.45) is 3.99. The molecular formula is C20H23N3O3. The first-order valence-corrected chi connectivity index (χ1v) is 9.00. The van der Waals surface area contributed by atoms with E-state index in [0.717, 1.165) is 37.1 Å². The number of aromatic nitrogens is 1. The quantitative estimate of drug-likeness (QED) is 0.571. The van der Waals surface area contributed by atoms with Gasteiger partial charge in [-0.3, -0.25) is 4.79 Å². The number of carbonyl (C=O) groups excluding carboxylic acids is 1. The number of rotatable bonds is 6. The Morgan fingerprint density at radius 1 is 1.23 bits per heavy atom. The zero-order chi connectivity index (χ0) is 18.4. The Morgan fingerprint density at radius 2 is 1.96 bits per heavy atom. The van der Waals surface area contributed by atoms with E-state index in [1.54, 1.807) is 12.3 Å². The molecule has 0 radical (unpaired) electrons. The molecule has 1 aliphatic rings. The lowest BCUT2D eigenvalue weighted by Crippen LogP contribution is -2.35. The maximum absolute atomic E-state index is 11.6. The smallest absolute Gasteiger partial charge is 0.306 e. The van der Waals surface area contributed by atoms with Gasteiger partial charge in [0.1, 0.15) is 0 Å². The maximum atomic E-state index is 11.6. The van der Waals surface area contributed by atoms with Gasteiger partial charge < -0.3 is 9.64 Å². The Bertz CT molecular complexity index is 756. The SMILES string of the molecule is CCOC(=O)CC1CCN(c2ncc(-c3ccccc3)cc2N=O)CC1. The van der Waals surface area contributed by atoms with E-state index in [1.165, 1.54) is 0 Å². The molecule has 0 N–H and O–H groups in total. The van der Waals surface area contributed by atoms with Gasteiger partial charge in [0.2, 0.25) is 0 Å². The van der Waals surface area contributed by atoms with Crippen LogP contribution >= 0.6 is 0 Å². The summed E-state index contributed by atoms with van der Waals surface area (Å²) in [7, 11) is 0. The van der Waals surface area contributed by atoms with Crippen LogP contribution in [0.2, 0.25) is 0 Å². The van der Waals surface area contributed by atoms with Crippen LogP contribution in [-0.4, -0.2) is 30.6 Å². The van der Waals surface area contributed by atoms with E-state index in [0.29, 0.717) is 30.5 Å². The van der Waals surface area contributed by atoms with Crippen LogP contribution in [0.3, 0.4) is 0 Å². The minimum atomic E-state index is -0.133. The molecule has 0 spiro atoms. The molecule has 6 nitrogen and oxygen atoms in total. The molecule has 1 aromatic heterocycles. The monoisotopic (exact) mass is 353 g/mol. The molecule has 1 aliphatic heterocycles. The standard InChI is InChI=1S/C20H23N3O3/c1-2-26-19(24)12-15-8-10-23(11-9-15)20-18(22-25)13-17(14-21-20)16-6-4-3-5-7-16/h3-7,13-15H,2,8-12H2,1H3. The van der Waals surface area contributed by atoms with Gasteiger partial charge in [-0.25, -0.2) is 4.98 Å². The van der Waals surface area contributed by atoms with Crippen LogP contribution in [0.4, 0.5) is 11.5 Å². The number of carbonyl (C=O) groups is 1. The fourth-order valence-corrected chi connectivity index (χ4v) is 3.35. The van der Waals surface area contributed by atoms with E-state index in [9.17, 15) is 9.70 Å². The molecule has 26 heavy (non-hydrogen) atoms. The lowest BCUT2D eigenvalue weighted by Gasteiger charge is -2.32. The average Bonchev–Trinajstić information content (AvgIpc) is 2.69. The predicted molar refractivity (Wildman–Crippen MR) is 101 cm³/mol. The van der Waals surface area contributed by atoms with Gasteiger partial charge in [-0.15, -0.1) is 4.91 Å². The van der Waals surface area contributed by atoms with Crippen LogP contribution in [0, 0.1) is 10.8 Å². The molecule has 1 fully saturated rings. The number of pyridine rings is 1. The molecule has 0 bridgehead atoms. The molecular weight excluding hydrogens is 330 g/mol. The van der Waals surface area contributed by atoms with Gasteiger partial charge in [0.15, 0.2) is 11.5 Å². The molecule has 0 unspecified atom stereocenters. The highest BCUT2D eigenvalue weighted by Gasteiger charge is 2.24. The van der Waals surface area contributed by atoms with Crippen LogP contribution in [-0.2, 0) is 9.53 Å². The number of hydrogen-bond donors (Lipinski definition) is 0. The maximum Gasteiger partial charge on any atom is 0.306 e. The summed E-state index contributed by atoms with van der Waals surface area (Å²) in [5.41, 5.74) is 2.24. The summed E-state index contributed by atoms with van der Waals surface area (Å²) in [4.78, 5) is 29.6. The third-order valence-electron chi connectivity index (χ3n) is 4.73. The summed E-state index contributed by atoms with van der Waals surface area (Å²) >= 11 is 0. The number of piperidine rings is 1. The first-order valence-electron chi connectivity index (χ1n) is 9.00. The van der Waals surface area contributed by atoms with Crippen molar-refractivity contribution >= 4 is 17.5 Å². The minimum Gasteiger partial charge on any atom is -0.466 e. The Balaban J connectivity index is 1.68. The first-order chi connectivity index (χ1) is 12.7. The largest absolute Gasteiger partial charge is 0.466 e. The van der Waals surface area contributed by atoms with Crippen molar-refractivity contribution in [1.29, 1.82) is 0 Å². The second-order valence-corrected chi connectivity index (χ2v) is 6.46. The van der Waals surface area contributed by atoms with E-state index < -0.39 is 0 Å². The van der Waals surface area contributed by atoms with Crippen molar-refractivity contribution in [1.82, 2.24) is 4.98 Å². The van der Waals surface area contributed by atoms with Crippen molar-refractivity contribution in [3.63, 3.8) is 0 Å². The molecule has 136 valence electrons. The minimum absolute atomic E-state index is 0.133. The molecule has 2 aromatic rings. The fraction of sp³-hybridized carbons (Fsp3) is 0.400. The number of nitrogens with zero attached hydrogens (tertiary/aromatic N) is 3. The molecule has 1 saturated heterocycles. The van der Waals surface area contributed by atoms with E-state index in [-0.39, 0.29) is 5.97 Å². The summed E-state index contributed by atoms with van der Waals surface area (Å²) < 4.78 is 5.03. The Labute approximate surface area is 153 Å². The van der Waals surface area contributed by atoms with Crippen molar-refractivity contribution in [2.45, 2.75) is 26.2 Å². The number of ether oxygens (including phenoxy) is 1. The molecule has 1 aromatic carbocycles. The summed E-state index contributed by atoms with van der Waals surface area (Å²) in [6.45, 7) is 3.75. The van der Waals surface area contributed by atoms with Gasteiger partial charge in [-0.05, 0) is 42.5 Å². The second kappa shape index (κ2) is 8.56. The van der Waals surface area contributed by atoms with Crippen LogP contribution in [0.1, 0.15) is 26.2 Å². The van der Waals surface area contributed by atoms with Gasteiger partial charge >= 0.3 is 5.97 Å². The van der Waals surface area contributed by atoms with Crippen molar-refractivity contribution in [2.24, 2.45) is 11.1 Å².